The number of hydrogen-bond donors (Lipinski definition) is 1. The molecular weight excluding hydrogens is 246 g/mol. The molecule has 1 heterocycles. The van der Waals surface area contributed by atoms with E-state index in [1.165, 1.54) is 12.8 Å². The van der Waals surface area contributed by atoms with Gasteiger partial charge < -0.3 is 10.3 Å². The molecule has 0 aliphatic heterocycles. The number of imidazole rings is 1. The third kappa shape index (κ3) is 1.91. The molecular formula is C14H18ClN3. The Morgan fingerprint density at radius 2 is 2.28 bits per heavy atom. The number of aryl methyl sites for hydroxylation is 1. The van der Waals surface area contributed by atoms with Crippen LogP contribution in [-0.2, 0) is 6.54 Å². The summed E-state index contributed by atoms with van der Waals surface area (Å²) in [7, 11) is 0. The van der Waals surface area contributed by atoms with E-state index in [-0.39, 0.29) is 6.04 Å². The molecule has 18 heavy (non-hydrogen) atoms. The largest absolute Gasteiger partial charge is 0.325 e. The normalized spacial score (nSPS) is 17.3. The van der Waals surface area contributed by atoms with E-state index < -0.39 is 0 Å². The van der Waals surface area contributed by atoms with Crippen LogP contribution in [0.4, 0.5) is 0 Å². The van der Waals surface area contributed by atoms with Crippen LogP contribution < -0.4 is 5.73 Å². The topological polar surface area (TPSA) is 43.8 Å². The van der Waals surface area contributed by atoms with Gasteiger partial charge in [-0.3, -0.25) is 0 Å². The van der Waals surface area contributed by atoms with E-state index in [9.17, 15) is 0 Å². The minimum atomic E-state index is 0.0556. The van der Waals surface area contributed by atoms with Gasteiger partial charge in [0.05, 0.1) is 22.1 Å². The zero-order valence-corrected chi connectivity index (χ0v) is 11.3. The maximum atomic E-state index is 6.32. The highest BCUT2D eigenvalue weighted by atomic mass is 35.5. The number of para-hydroxylation sites is 1. The zero-order valence-electron chi connectivity index (χ0n) is 10.6. The number of benzene rings is 1. The van der Waals surface area contributed by atoms with Gasteiger partial charge in [-0.2, -0.15) is 0 Å². The van der Waals surface area contributed by atoms with Crippen molar-refractivity contribution in [3.63, 3.8) is 0 Å². The molecule has 1 aliphatic rings. The Labute approximate surface area is 112 Å². The van der Waals surface area contributed by atoms with Crippen molar-refractivity contribution < 1.29 is 0 Å². The van der Waals surface area contributed by atoms with Crippen LogP contribution in [0.1, 0.15) is 38.1 Å². The first-order chi connectivity index (χ1) is 8.72. The minimum absolute atomic E-state index is 0.0556. The summed E-state index contributed by atoms with van der Waals surface area (Å²) in [6, 6.07) is 5.93. The Hall–Kier alpha value is -1.06. The van der Waals surface area contributed by atoms with E-state index in [1.54, 1.807) is 0 Å². The lowest BCUT2D eigenvalue weighted by atomic mass is 10.2. The van der Waals surface area contributed by atoms with Crippen molar-refractivity contribution in [2.75, 3.05) is 0 Å². The van der Waals surface area contributed by atoms with E-state index >= 15 is 0 Å². The first-order valence-electron chi connectivity index (χ1n) is 6.62. The minimum Gasteiger partial charge on any atom is -0.325 e. The second-order valence-electron chi connectivity index (χ2n) is 5.09. The van der Waals surface area contributed by atoms with Gasteiger partial charge in [-0.1, -0.05) is 24.6 Å². The maximum Gasteiger partial charge on any atom is 0.127 e. The average molecular weight is 264 g/mol. The van der Waals surface area contributed by atoms with E-state index in [0.29, 0.717) is 5.92 Å². The molecule has 96 valence electrons. The van der Waals surface area contributed by atoms with Crippen LogP contribution in [0, 0.1) is 5.92 Å². The summed E-state index contributed by atoms with van der Waals surface area (Å²) in [4.78, 5) is 4.71. The van der Waals surface area contributed by atoms with Gasteiger partial charge in [-0.15, -0.1) is 0 Å². The SMILES string of the molecule is CCCn1c(C(N)C2CC2)nc2cccc(Cl)c21. The van der Waals surface area contributed by atoms with Crippen molar-refractivity contribution in [3.8, 4) is 0 Å². The first-order valence-corrected chi connectivity index (χ1v) is 7.00. The van der Waals surface area contributed by atoms with Gasteiger partial charge in [0.25, 0.3) is 0 Å². The molecule has 0 saturated heterocycles. The molecule has 1 aromatic heterocycles. The van der Waals surface area contributed by atoms with Crippen molar-refractivity contribution in [1.82, 2.24) is 9.55 Å². The van der Waals surface area contributed by atoms with Gasteiger partial charge in [0.1, 0.15) is 5.82 Å². The summed E-state index contributed by atoms with van der Waals surface area (Å²) >= 11 is 6.31. The lowest BCUT2D eigenvalue weighted by Gasteiger charge is -2.13. The van der Waals surface area contributed by atoms with Gasteiger partial charge in [0.15, 0.2) is 0 Å². The molecule has 1 aliphatic carbocycles. The quantitative estimate of drug-likeness (QED) is 0.917. The van der Waals surface area contributed by atoms with Gasteiger partial charge in [-0.05, 0) is 37.3 Å². The van der Waals surface area contributed by atoms with Gasteiger partial charge in [0, 0.05) is 6.54 Å². The number of fused-ring (bicyclic) bond motifs is 1. The van der Waals surface area contributed by atoms with Crippen LogP contribution in [0.15, 0.2) is 18.2 Å². The third-order valence-electron chi connectivity index (χ3n) is 3.62. The smallest absolute Gasteiger partial charge is 0.127 e. The third-order valence-corrected chi connectivity index (χ3v) is 3.93. The summed E-state index contributed by atoms with van der Waals surface area (Å²) in [5, 5.41) is 0.766. The van der Waals surface area contributed by atoms with Crippen LogP contribution >= 0.6 is 11.6 Å². The molecule has 0 spiro atoms. The predicted octanol–water partition coefficient (Wildman–Crippen LogP) is 3.51. The van der Waals surface area contributed by atoms with Crippen molar-refractivity contribution >= 4 is 22.6 Å². The fourth-order valence-corrected chi connectivity index (χ4v) is 2.80. The Kier molecular flexibility index (Phi) is 3.04. The average Bonchev–Trinajstić information content (AvgIpc) is 3.13. The van der Waals surface area contributed by atoms with E-state index in [4.69, 9.17) is 22.3 Å². The number of rotatable bonds is 4. The molecule has 0 amide bonds. The summed E-state index contributed by atoms with van der Waals surface area (Å²) in [6.07, 6.45) is 3.51. The second-order valence-corrected chi connectivity index (χ2v) is 5.50. The molecule has 2 N–H and O–H groups in total. The van der Waals surface area contributed by atoms with Crippen molar-refractivity contribution in [1.29, 1.82) is 0 Å². The predicted molar refractivity (Wildman–Crippen MR) is 74.7 cm³/mol. The van der Waals surface area contributed by atoms with Crippen LogP contribution in [0.3, 0.4) is 0 Å². The number of nitrogens with zero attached hydrogens (tertiary/aromatic N) is 2. The maximum absolute atomic E-state index is 6.32. The first kappa shape index (κ1) is 12.0. The highest BCUT2D eigenvalue weighted by Crippen LogP contribution is 2.40. The van der Waals surface area contributed by atoms with E-state index in [1.807, 2.05) is 18.2 Å². The zero-order chi connectivity index (χ0) is 12.7. The Morgan fingerprint density at radius 1 is 1.50 bits per heavy atom. The van der Waals surface area contributed by atoms with Gasteiger partial charge in [-0.25, -0.2) is 4.98 Å². The monoisotopic (exact) mass is 263 g/mol. The Balaban J connectivity index is 2.17. The van der Waals surface area contributed by atoms with Crippen LogP contribution in [0.25, 0.3) is 11.0 Å². The molecule has 2 aromatic rings. The lowest BCUT2D eigenvalue weighted by Crippen LogP contribution is -2.18. The molecule has 1 atom stereocenters. The summed E-state index contributed by atoms with van der Waals surface area (Å²) in [5.41, 5.74) is 8.31. The van der Waals surface area contributed by atoms with E-state index in [0.717, 1.165) is 34.8 Å². The van der Waals surface area contributed by atoms with Crippen molar-refractivity contribution in [2.24, 2.45) is 11.7 Å². The Bertz CT molecular complexity index is 572. The number of aromatic nitrogens is 2. The molecule has 1 unspecified atom stereocenters. The van der Waals surface area contributed by atoms with Gasteiger partial charge in [0.2, 0.25) is 0 Å². The fourth-order valence-electron chi connectivity index (χ4n) is 2.53. The summed E-state index contributed by atoms with van der Waals surface area (Å²) in [6.45, 7) is 3.09. The molecule has 0 bridgehead atoms. The van der Waals surface area contributed by atoms with E-state index in [2.05, 4.69) is 11.5 Å². The Morgan fingerprint density at radius 3 is 2.94 bits per heavy atom. The highest BCUT2D eigenvalue weighted by Gasteiger charge is 2.33. The molecule has 1 fully saturated rings. The second kappa shape index (κ2) is 4.56. The molecule has 4 heteroatoms. The number of halogens is 1. The van der Waals surface area contributed by atoms with Crippen molar-refractivity contribution in [3.05, 3.63) is 29.0 Å². The molecule has 0 radical (unpaired) electrons. The summed E-state index contributed by atoms with van der Waals surface area (Å²) < 4.78 is 2.21. The molecule has 3 rings (SSSR count). The van der Waals surface area contributed by atoms with Gasteiger partial charge >= 0.3 is 0 Å². The standard InChI is InChI=1S/C14H18ClN3/c1-2-8-18-13-10(15)4-3-5-11(13)17-14(18)12(16)9-6-7-9/h3-5,9,12H,2,6-8,16H2,1H3. The van der Waals surface area contributed by atoms with Crippen LogP contribution in [0.5, 0.6) is 0 Å². The molecule has 3 nitrogen and oxygen atoms in total. The fraction of sp³-hybridized carbons (Fsp3) is 0.500. The highest BCUT2D eigenvalue weighted by molar-refractivity contribution is 6.35. The number of nitrogens with two attached hydrogens (primary N) is 1. The van der Waals surface area contributed by atoms with Crippen molar-refractivity contribution in [2.45, 2.75) is 38.8 Å². The molecule has 1 saturated carbocycles. The molecule has 1 aromatic carbocycles. The lowest BCUT2D eigenvalue weighted by molar-refractivity contribution is 0.543. The van der Waals surface area contributed by atoms with Crippen LogP contribution in [0.2, 0.25) is 5.02 Å². The van der Waals surface area contributed by atoms with Crippen LogP contribution in [-0.4, -0.2) is 9.55 Å². The summed E-state index contributed by atoms with van der Waals surface area (Å²) in [5.74, 6) is 1.61. The number of hydrogen-bond acceptors (Lipinski definition) is 2.